The molecule has 1 N–H and O–H groups in total. The summed E-state index contributed by atoms with van der Waals surface area (Å²) < 4.78 is 16.3. The van der Waals surface area contributed by atoms with Crippen LogP contribution in [-0.2, 0) is 14.2 Å². The zero-order chi connectivity index (χ0) is 20.3. The predicted molar refractivity (Wildman–Crippen MR) is 106 cm³/mol. The molecule has 4 rings (SSSR count). The fourth-order valence-electron chi connectivity index (χ4n) is 3.67. The van der Waals surface area contributed by atoms with Gasteiger partial charge in [-0.15, -0.1) is 0 Å². The average molecular weight is 397 g/mol. The number of nitrogens with zero attached hydrogens (tertiary/aromatic N) is 2. The summed E-state index contributed by atoms with van der Waals surface area (Å²) in [6, 6.07) is 10.2. The second kappa shape index (κ2) is 8.18. The van der Waals surface area contributed by atoms with Crippen LogP contribution in [0.15, 0.2) is 42.6 Å². The molecule has 0 atom stereocenters. The average Bonchev–Trinajstić information content (AvgIpc) is 3.22. The van der Waals surface area contributed by atoms with Crippen LogP contribution in [0.3, 0.4) is 0 Å². The van der Waals surface area contributed by atoms with Gasteiger partial charge in [-0.2, -0.15) is 0 Å². The Morgan fingerprint density at radius 2 is 1.90 bits per heavy atom. The summed E-state index contributed by atoms with van der Waals surface area (Å²) in [4.78, 5) is 30.7. The van der Waals surface area contributed by atoms with Crippen LogP contribution in [0.4, 0.5) is 11.4 Å². The second-order valence-corrected chi connectivity index (χ2v) is 7.02. The van der Waals surface area contributed by atoms with E-state index < -0.39 is 11.8 Å². The molecule has 8 heteroatoms. The normalized spacial score (nSPS) is 17.9. The molecule has 2 aromatic rings. The summed E-state index contributed by atoms with van der Waals surface area (Å²) >= 11 is 0. The topological polar surface area (TPSA) is 90.0 Å². The molecule has 8 nitrogen and oxygen atoms in total. The van der Waals surface area contributed by atoms with Gasteiger partial charge in [-0.3, -0.25) is 9.78 Å². The van der Waals surface area contributed by atoms with Crippen molar-refractivity contribution in [2.24, 2.45) is 0 Å². The summed E-state index contributed by atoms with van der Waals surface area (Å²) in [5.74, 6) is -1.24. The predicted octanol–water partition coefficient (Wildman–Crippen LogP) is 2.46. The van der Waals surface area contributed by atoms with Crippen LogP contribution in [-0.4, -0.2) is 56.1 Å². The second-order valence-electron chi connectivity index (χ2n) is 7.02. The van der Waals surface area contributed by atoms with E-state index in [0.717, 1.165) is 31.6 Å². The molecular weight excluding hydrogens is 374 g/mol. The zero-order valence-corrected chi connectivity index (χ0v) is 16.2. The van der Waals surface area contributed by atoms with Gasteiger partial charge in [-0.05, 0) is 30.3 Å². The molecule has 152 valence electrons. The summed E-state index contributed by atoms with van der Waals surface area (Å²) in [5.41, 5.74) is 2.10. The Kier molecular flexibility index (Phi) is 5.46. The van der Waals surface area contributed by atoms with Gasteiger partial charge in [-0.25, -0.2) is 4.79 Å². The van der Waals surface area contributed by atoms with Gasteiger partial charge in [0.25, 0.3) is 5.91 Å². The third kappa shape index (κ3) is 4.23. The lowest BCUT2D eigenvalue weighted by Crippen LogP contribution is -2.45. The zero-order valence-electron chi connectivity index (χ0n) is 16.2. The number of methoxy groups -OCH3 is 1. The molecule has 1 amide bonds. The molecule has 1 spiro atoms. The fraction of sp³-hybridized carbons (Fsp3) is 0.381. The lowest BCUT2D eigenvalue weighted by atomic mass is 10.0. The van der Waals surface area contributed by atoms with Crippen LogP contribution in [0, 0.1) is 0 Å². The number of amides is 1. The van der Waals surface area contributed by atoms with Crippen molar-refractivity contribution in [3.63, 3.8) is 0 Å². The highest BCUT2D eigenvalue weighted by atomic mass is 16.7. The number of piperidine rings is 1. The van der Waals surface area contributed by atoms with E-state index in [1.54, 1.807) is 36.5 Å². The van der Waals surface area contributed by atoms with Crippen LogP contribution in [0.5, 0.6) is 0 Å². The van der Waals surface area contributed by atoms with Crippen molar-refractivity contribution in [2.45, 2.75) is 18.6 Å². The Bertz CT molecular complexity index is 901. The first kappa shape index (κ1) is 19.4. The molecule has 2 fully saturated rings. The van der Waals surface area contributed by atoms with Crippen LogP contribution < -0.4 is 10.2 Å². The molecule has 0 saturated carbocycles. The minimum Gasteiger partial charge on any atom is -0.465 e. The number of ether oxygens (including phenoxy) is 3. The number of aromatic nitrogens is 1. The number of benzene rings is 1. The summed E-state index contributed by atoms with van der Waals surface area (Å²) in [6.45, 7) is 2.87. The monoisotopic (exact) mass is 397 g/mol. The third-order valence-corrected chi connectivity index (χ3v) is 5.22. The first-order valence-corrected chi connectivity index (χ1v) is 9.57. The molecule has 29 heavy (non-hydrogen) atoms. The van der Waals surface area contributed by atoms with Gasteiger partial charge < -0.3 is 24.4 Å². The van der Waals surface area contributed by atoms with Crippen molar-refractivity contribution in [1.82, 2.24) is 4.98 Å². The van der Waals surface area contributed by atoms with Gasteiger partial charge in [0.1, 0.15) is 5.69 Å². The van der Waals surface area contributed by atoms with Gasteiger partial charge in [0, 0.05) is 43.5 Å². The summed E-state index contributed by atoms with van der Waals surface area (Å²) in [6.07, 6.45) is 3.20. The first-order chi connectivity index (χ1) is 14.1. The number of nitrogens with one attached hydrogen (secondary N) is 1. The molecule has 0 aliphatic carbocycles. The van der Waals surface area contributed by atoms with Gasteiger partial charge in [0.15, 0.2) is 5.79 Å². The van der Waals surface area contributed by atoms with E-state index in [1.807, 2.05) is 6.07 Å². The molecule has 2 aliphatic rings. The van der Waals surface area contributed by atoms with E-state index in [1.165, 1.54) is 7.11 Å². The van der Waals surface area contributed by atoms with Gasteiger partial charge in [0.05, 0.1) is 25.9 Å². The highest BCUT2D eigenvalue weighted by Crippen LogP contribution is 2.33. The highest BCUT2D eigenvalue weighted by Gasteiger charge is 2.39. The van der Waals surface area contributed by atoms with E-state index >= 15 is 0 Å². The third-order valence-electron chi connectivity index (χ3n) is 5.22. The standard InChI is InChI=1S/C21H23N3O5/c1-27-20(26)15-3-2-4-16(13-15)23-19(25)18-14-17(5-8-22-18)24-9-6-21(7-10-24)28-11-12-29-21/h2-5,8,13-14H,6-7,9-12H2,1H3,(H,23,25). The van der Waals surface area contributed by atoms with Crippen molar-refractivity contribution < 1.29 is 23.8 Å². The van der Waals surface area contributed by atoms with Crippen molar-refractivity contribution in [3.05, 3.63) is 53.9 Å². The number of pyridine rings is 1. The number of hydrogen-bond donors (Lipinski definition) is 1. The SMILES string of the molecule is COC(=O)c1cccc(NC(=O)c2cc(N3CCC4(CC3)OCCO4)ccn2)c1. The molecule has 0 unspecified atom stereocenters. The fourth-order valence-corrected chi connectivity index (χ4v) is 3.67. The molecule has 0 radical (unpaired) electrons. The number of carbonyl (C=O) groups excluding carboxylic acids is 2. The van der Waals surface area contributed by atoms with Gasteiger partial charge in [-0.1, -0.05) is 6.07 Å². The van der Waals surface area contributed by atoms with E-state index in [9.17, 15) is 9.59 Å². The largest absolute Gasteiger partial charge is 0.465 e. The first-order valence-electron chi connectivity index (χ1n) is 9.57. The number of carbonyl (C=O) groups is 2. The smallest absolute Gasteiger partial charge is 0.337 e. The van der Waals surface area contributed by atoms with Crippen molar-refractivity contribution in [1.29, 1.82) is 0 Å². The number of esters is 1. The van der Waals surface area contributed by atoms with Crippen molar-refractivity contribution in [2.75, 3.05) is 43.6 Å². The Morgan fingerprint density at radius 1 is 1.14 bits per heavy atom. The Morgan fingerprint density at radius 3 is 2.62 bits per heavy atom. The number of rotatable bonds is 4. The Balaban J connectivity index is 1.43. The molecule has 3 heterocycles. The summed E-state index contributed by atoms with van der Waals surface area (Å²) in [5, 5.41) is 2.78. The maximum atomic E-state index is 12.7. The molecule has 2 aliphatic heterocycles. The molecule has 1 aromatic heterocycles. The van der Waals surface area contributed by atoms with Crippen LogP contribution in [0.1, 0.15) is 33.7 Å². The molecule has 0 bridgehead atoms. The maximum absolute atomic E-state index is 12.7. The van der Waals surface area contributed by atoms with Crippen molar-refractivity contribution in [3.8, 4) is 0 Å². The quantitative estimate of drug-likeness (QED) is 0.793. The van der Waals surface area contributed by atoms with Gasteiger partial charge in [0.2, 0.25) is 0 Å². The minimum absolute atomic E-state index is 0.305. The summed E-state index contributed by atoms with van der Waals surface area (Å²) in [7, 11) is 1.32. The van der Waals surface area contributed by atoms with E-state index in [4.69, 9.17) is 14.2 Å². The lowest BCUT2D eigenvalue weighted by Gasteiger charge is -2.38. The van der Waals surface area contributed by atoms with E-state index in [-0.39, 0.29) is 5.91 Å². The molecular formula is C21H23N3O5. The highest BCUT2D eigenvalue weighted by molar-refractivity contribution is 6.04. The van der Waals surface area contributed by atoms with Crippen LogP contribution in [0.2, 0.25) is 0 Å². The van der Waals surface area contributed by atoms with Gasteiger partial charge >= 0.3 is 5.97 Å². The Labute approximate surface area is 168 Å². The lowest BCUT2D eigenvalue weighted by molar-refractivity contribution is -0.169. The van der Waals surface area contributed by atoms with Crippen LogP contribution >= 0.6 is 0 Å². The molecule has 1 aromatic carbocycles. The maximum Gasteiger partial charge on any atom is 0.337 e. The Hall–Kier alpha value is -2.97. The molecule has 2 saturated heterocycles. The van der Waals surface area contributed by atoms with E-state index in [2.05, 4.69) is 15.2 Å². The number of anilines is 2. The van der Waals surface area contributed by atoms with E-state index in [0.29, 0.717) is 30.2 Å². The van der Waals surface area contributed by atoms with Crippen LogP contribution in [0.25, 0.3) is 0 Å². The minimum atomic E-state index is -0.459. The van der Waals surface area contributed by atoms with Crippen molar-refractivity contribution >= 4 is 23.3 Å². The number of hydrogen-bond acceptors (Lipinski definition) is 7.